The molecule has 0 atom stereocenters. The van der Waals surface area contributed by atoms with E-state index in [4.69, 9.17) is 9.47 Å². The molecule has 154 valence electrons. The highest BCUT2D eigenvalue weighted by atomic mass is 79.9. The molecule has 6 heteroatoms. The van der Waals surface area contributed by atoms with E-state index in [1.165, 1.54) is 0 Å². The van der Waals surface area contributed by atoms with Gasteiger partial charge in [0.15, 0.2) is 0 Å². The number of carbonyl (C=O) groups excluding carboxylic acids is 1. The number of carbonyl (C=O) groups is 1. The van der Waals surface area contributed by atoms with Crippen LogP contribution >= 0.6 is 31.9 Å². The van der Waals surface area contributed by atoms with E-state index in [1.54, 1.807) is 13.1 Å². The zero-order valence-electron chi connectivity index (χ0n) is 16.4. The van der Waals surface area contributed by atoms with E-state index in [2.05, 4.69) is 37.2 Å². The lowest BCUT2D eigenvalue weighted by Gasteiger charge is -2.11. The van der Waals surface area contributed by atoms with Crippen LogP contribution < -0.4 is 10.1 Å². The molecule has 0 aliphatic heterocycles. The van der Waals surface area contributed by atoms with Gasteiger partial charge in [0.2, 0.25) is 0 Å². The lowest BCUT2D eigenvalue weighted by molar-refractivity contribution is -0.136. The van der Waals surface area contributed by atoms with Crippen molar-refractivity contribution in [1.29, 1.82) is 0 Å². The first-order chi connectivity index (χ1) is 14.6. The van der Waals surface area contributed by atoms with Crippen molar-refractivity contribution < 1.29 is 14.3 Å². The number of anilines is 1. The predicted octanol–water partition coefficient (Wildman–Crippen LogP) is 6.81. The Bertz CT molecular complexity index is 1020. The minimum absolute atomic E-state index is 0.302. The highest BCUT2D eigenvalue weighted by molar-refractivity contribution is 9.11. The Morgan fingerprint density at radius 3 is 2.40 bits per heavy atom. The summed E-state index contributed by atoms with van der Waals surface area (Å²) in [5.74, 6) is 0.339. The van der Waals surface area contributed by atoms with Crippen molar-refractivity contribution in [1.82, 2.24) is 0 Å². The van der Waals surface area contributed by atoms with E-state index in [-0.39, 0.29) is 0 Å². The molecule has 0 aromatic heterocycles. The molecule has 0 heterocycles. The second kappa shape index (κ2) is 11.0. The maximum atomic E-state index is 12.5. The zero-order chi connectivity index (χ0) is 21.3. The third-order valence-corrected chi connectivity index (χ3v) is 5.36. The van der Waals surface area contributed by atoms with Crippen molar-refractivity contribution in [3.63, 3.8) is 0 Å². The number of halogens is 2. The van der Waals surface area contributed by atoms with E-state index in [0.717, 1.165) is 31.5 Å². The molecule has 3 rings (SSSR count). The number of benzene rings is 3. The summed E-state index contributed by atoms with van der Waals surface area (Å²) in [6.45, 7) is 2.57. The van der Waals surface area contributed by atoms with Gasteiger partial charge in [-0.1, -0.05) is 58.4 Å². The monoisotopic (exact) mass is 529 g/mol. The SMILES string of the molecule is CCOC(=O)/C(=C\Nc1ccc(Br)cc1Br)c1ccc(OCc2ccccc2)cc1. The lowest BCUT2D eigenvalue weighted by Crippen LogP contribution is -2.08. The molecular weight excluding hydrogens is 510 g/mol. The molecule has 1 N–H and O–H groups in total. The van der Waals surface area contributed by atoms with Crippen LogP contribution in [0.15, 0.2) is 87.9 Å². The fraction of sp³-hybridized carbons (Fsp3) is 0.125. The molecule has 0 saturated heterocycles. The van der Waals surface area contributed by atoms with Crippen molar-refractivity contribution in [2.75, 3.05) is 11.9 Å². The maximum Gasteiger partial charge on any atom is 0.340 e. The fourth-order valence-corrected chi connectivity index (χ4v) is 3.86. The molecule has 4 nitrogen and oxygen atoms in total. The summed E-state index contributed by atoms with van der Waals surface area (Å²) in [7, 11) is 0. The molecule has 3 aromatic carbocycles. The second-order valence-corrected chi connectivity index (χ2v) is 8.12. The zero-order valence-corrected chi connectivity index (χ0v) is 19.6. The van der Waals surface area contributed by atoms with Crippen molar-refractivity contribution in [2.45, 2.75) is 13.5 Å². The van der Waals surface area contributed by atoms with Crippen molar-refractivity contribution in [2.24, 2.45) is 0 Å². The molecule has 0 unspecified atom stereocenters. The Hall–Kier alpha value is -2.57. The van der Waals surface area contributed by atoms with Gasteiger partial charge in [0.1, 0.15) is 12.4 Å². The van der Waals surface area contributed by atoms with Crippen LogP contribution in [0, 0.1) is 0 Å². The average molecular weight is 531 g/mol. The smallest absolute Gasteiger partial charge is 0.340 e. The van der Waals surface area contributed by atoms with Gasteiger partial charge in [-0.3, -0.25) is 0 Å². The standard InChI is InChI=1S/C24H21Br2NO3/c1-2-29-24(28)21(15-27-23-13-10-19(25)14-22(23)26)18-8-11-20(12-9-18)30-16-17-6-4-3-5-7-17/h3-15,27H,2,16H2,1H3/b21-15-. The minimum Gasteiger partial charge on any atom is -0.489 e. The van der Waals surface area contributed by atoms with E-state index in [9.17, 15) is 4.79 Å². The molecule has 3 aromatic rings. The Kier molecular flexibility index (Phi) is 8.11. The van der Waals surface area contributed by atoms with Crippen LogP contribution in [0.2, 0.25) is 0 Å². The van der Waals surface area contributed by atoms with Gasteiger partial charge >= 0.3 is 5.97 Å². The summed E-state index contributed by atoms with van der Waals surface area (Å²) in [6.07, 6.45) is 1.66. The van der Waals surface area contributed by atoms with Crippen molar-refractivity contribution in [3.8, 4) is 5.75 Å². The quantitative estimate of drug-likeness (QED) is 0.257. The number of hydrogen-bond donors (Lipinski definition) is 1. The topological polar surface area (TPSA) is 47.6 Å². The molecule has 0 aliphatic carbocycles. The Labute approximate surface area is 193 Å². The number of rotatable bonds is 8. The number of esters is 1. The second-order valence-electron chi connectivity index (χ2n) is 6.35. The minimum atomic E-state index is -0.392. The normalized spacial score (nSPS) is 11.1. The third kappa shape index (κ3) is 6.21. The number of hydrogen-bond acceptors (Lipinski definition) is 4. The van der Waals surface area contributed by atoms with E-state index < -0.39 is 5.97 Å². The molecular formula is C24H21Br2NO3. The van der Waals surface area contributed by atoms with Crippen LogP contribution in [-0.2, 0) is 16.1 Å². The number of ether oxygens (including phenoxy) is 2. The highest BCUT2D eigenvalue weighted by Gasteiger charge is 2.14. The predicted molar refractivity (Wildman–Crippen MR) is 127 cm³/mol. The third-order valence-electron chi connectivity index (χ3n) is 4.21. The molecule has 0 aliphatic rings. The van der Waals surface area contributed by atoms with Gasteiger partial charge in [0.25, 0.3) is 0 Å². The van der Waals surface area contributed by atoms with Crippen LogP contribution in [0.25, 0.3) is 5.57 Å². The molecule has 0 saturated carbocycles. The Morgan fingerprint density at radius 1 is 1.00 bits per heavy atom. The van der Waals surface area contributed by atoms with Crippen LogP contribution in [0.5, 0.6) is 5.75 Å². The summed E-state index contributed by atoms with van der Waals surface area (Å²) in [6, 6.07) is 23.1. The summed E-state index contributed by atoms with van der Waals surface area (Å²) >= 11 is 6.94. The molecule has 30 heavy (non-hydrogen) atoms. The Balaban J connectivity index is 1.76. The van der Waals surface area contributed by atoms with E-state index in [1.807, 2.05) is 72.8 Å². The summed E-state index contributed by atoms with van der Waals surface area (Å²) < 4.78 is 12.9. The first kappa shape index (κ1) is 22.1. The largest absolute Gasteiger partial charge is 0.489 e. The first-order valence-electron chi connectivity index (χ1n) is 9.43. The maximum absolute atomic E-state index is 12.5. The average Bonchev–Trinajstić information content (AvgIpc) is 2.75. The summed E-state index contributed by atoms with van der Waals surface area (Å²) in [5, 5.41) is 3.18. The van der Waals surface area contributed by atoms with Crippen LogP contribution in [0.4, 0.5) is 5.69 Å². The van der Waals surface area contributed by atoms with Crippen LogP contribution in [0.3, 0.4) is 0 Å². The van der Waals surface area contributed by atoms with Gasteiger partial charge in [-0.25, -0.2) is 4.79 Å². The van der Waals surface area contributed by atoms with E-state index in [0.29, 0.717) is 18.8 Å². The molecule has 0 amide bonds. The van der Waals surface area contributed by atoms with Gasteiger partial charge in [0.05, 0.1) is 17.9 Å². The van der Waals surface area contributed by atoms with Crippen LogP contribution in [-0.4, -0.2) is 12.6 Å². The highest BCUT2D eigenvalue weighted by Crippen LogP contribution is 2.27. The van der Waals surface area contributed by atoms with Gasteiger partial charge in [0, 0.05) is 15.1 Å². The molecule has 0 bridgehead atoms. The van der Waals surface area contributed by atoms with Gasteiger partial charge in [-0.05, 0) is 64.3 Å². The lowest BCUT2D eigenvalue weighted by atomic mass is 10.1. The van der Waals surface area contributed by atoms with Crippen molar-refractivity contribution in [3.05, 3.63) is 99.1 Å². The molecule has 0 radical (unpaired) electrons. The summed E-state index contributed by atoms with van der Waals surface area (Å²) in [5.41, 5.74) is 3.10. The van der Waals surface area contributed by atoms with E-state index >= 15 is 0 Å². The molecule has 0 fully saturated rings. The Morgan fingerprint density at radius 2 is 1.73 bits per heavy atom. The first-order valence-corrected chi connectivity index (χ1v) is 11.0. The fourth-order valence-electron chi connectivity index (χ4n) is 2.70. The molecule has 0 spiro atoms. The van der Waals surface area contributed by atoms with Crippen molar-refractivity contribution >= 4 is 49.1 Å². The van der Waals surface area contributed by atoms with Gasteiger partial charge in [-0.2, -0.15) is 0 Å². The van der Waals surface area contributed by atoms with Crippen LogP contribution in [0.1, 0.15) is 18.1 Å². The van der Waals surface area contributed by atoms with Gasteiger partial charge < -0.3 is 14.8 Å². The van der Waals surface area contributed by atoms with Gasteiger partial charge in [-0.15, -0.1) is 0 Å². The number of nitrogens with one attached hydrogen (secondary N) is 1. The summed E-state index contributed by atoms with van der Waals surface area (Å²) in [4.78, 5) is 12.5.